The Kier molecular flexibility index (Phi) is 7.11. The van der Waals surface area contributed by atoms with Crippen LogP contribution in [0.1, 0.15) is 59.9 Å². The topological polar surface area (TPSA) is 18.5 Å². The fourth-order valence-corrected chi connectivity index (χ4v) is 4.70. The van der Waals surface area contributed by atoms with Crippen molar-refractivity contribution in [3.05, 3.63) is 35.9 Å². The van der Waals surface area contributed by atoms with Gasteiger partial charge in [0.1, 0.15) is 0 Å². The zero-order chi connectivity index (χ0) is 15.9. The van der Waals surface area contributed by atoms with Crippen LogP contribution in [0, 0.1) is 0 Å². The van der Waals surface area contributed by atoms with E-state index in [2.05, 4.69) is 71.9 Å². The first-order valence-electron chi connectivity index (χ1n) is 8.05. The van der Waals surface area contributed by atoms with Gasteiger partial charge in [-0.1, -0.05) is 36.8 Å². The average Bonchev–Trinajstić information content (AvgIpc) is 2.32. The minimum atomic E-state index is -1.61. The van der Waals surface area contributed by atoms with Crippen molar-refractivity contribution >= 4 is 9.28 Å². The molecule has 0 fully saturated rings. The predicted octanol–water partition coefficient (Wildman–Crippen LogP) is 4.86. The molecule has 0 saturated heterocycles. The molecule has 0 aliphatic carbocycles. The van der Waals surface area contributed by atoms with Crippen LogP contribution in [0.15, 0.2) is 30.3 Å². The van der Waals surface area contributed by atoms with Crippen molar-refractivity contribution in [3.63, 3.8) is 0 Å². The van der Waals surface area contributed by atoms with Gasteiger partial charge in [0.05, 0.1) is 0 Å². The summed E-state index contributed by atoms with van der Waals surface area (Å²) in [5, 5.41) is 0. The van der Waals surface area contributed by atoms with Crippen molar-refractivity contribution < 1.29 is 8.85 Å². The van der Waals surface area contributed by atoms with E-state index in [1.807, 2.05) is 0 Å². The first kappa shape index (κ1) is 18.4. The molecule has 0 aliphatic rings. The van der Waals surface area contributed by atoms with Crippen LogP contribution in [0.4, 0.5) is 0 Å². The molecule has 0 bridgehead atoms. The normalized spacial score (nSPS) is 12.9. The van der Waals surface area contributed by atoms with E-state index in [9.17, 15) is 0 Å². The van der Waals surface area contributed by atoms with E-state index < -0.39 is 9.28 Å². The predicted molar refractivity (Wildman–Crippen MR) is 93.0 cm³/mol. The van der Waals surface area contributed by atoms with Gasteiger partial charge in [0.15, 0.2) is 0 Å². The van der Waals surface area contributed by atoms with E-state index in [0.717, 1.165) is 12.5 Å². The molecule has 0 unspecified atom stereocenters. The Morgan fingerprint density at radius 3 is 1.81 bits per heavy atom. The lowest BCUT2D eigenvalue weighted by Gasteiger charge is -2.32. The molecule has 2 nitrogen and oxygen atoms in total. The maximum Gasteiger partial charge on any atom is 0.322 e. The summed E-state index contributed by atoms with van der Waals surface area (Å²) in [5.74, 6) is 0. The highest BCUT2D eigenvalue weighted by atomic mass is 28.3. The standard InChI is InChI=1S/C18H32O2Si/c1-17(2,3)19-21(20-18(4,5)6)15-11-10-14-16-12-8-7-9-13-16/h7-9,12-13,21H,10-11,14-15H2,1-6H3. The van der Waals surface area contributed by atoms with Crippen LogP contribution < -0.4 is 0 Å². The molecule has 21 heavy (non-hydrogen) atoms. The number of hydrogen-bond acceptors (Lipinski definition) is 2. The van der Waals surface area contributed by atoms with Gasteiger partial charge in [0, 0.05) is 11.2 Å². The second-order valence-electron chi connectivity index (χ2n) is 7.62. The van der Waals surface area contributed by atoms with E-state index in [1.54, 1.807) is 0 Å². The van der Waals surface area contributed by atoms with Crippen molar-refractivity contribution in [1.29, 1.82) is 0 Å². The van der Waals surface area contributed by atoms with E-state index in [1.165, 1.54) is 18.4 Å². The summed E-state index contributed by atoms with van der Waals surface area (Å²) >= 11 is 0. The van der Waals surface area contributed by atoms with Crippen LogP contribution in [-0.4, -0.2) is 20.5 Å². The van der Waals surface area contributed by atoms with E-state index in [4.69, 9.17) is 8.85 Å². The largest absolute Gasteiger partial charge is 0.392 e. The minimum Gasteiger partial charge on any atom is -0.392 e. The first-order chi connectivity index (χ1) is 9.66. The number of rotatable bonds is 7. The van der Waals surface area contributed by atoms with E-state index in [-0.39, 0.29) is 11.2 Å². The Bertz CT molecular complexity index is 374. The molecule has 0 heterocycles. The quantitative estimate of drug-likeness (QED) is 0.529. The third-order valence-corrected chi connectivity index (χ3v) is 5.79. The van der Waals surface area contributed by atoms with Gasteiger partial charge in [-0.15, -0.1) is 0 Å². The maximum atomic E-state index is 6.18. The van der Waals surface area contributed by atoms with Crippen LogP contribution in [-0.2, 0) is 15.3 Å². The molecule has 0 aromatic heterocycles. The summed E-state index contributed by atoms with van der Waals surface area (Å²) in [5.41, 5.74) is 1.20. The van der Waals surface area contributed by atoms with Gasteiger partial charge in [-0.25, -0.2) is 0 Å². The van der Waals surface area contributed by atoms with E-state index in [0.29, 0.717) is 0 Å². The highest BCUT2D eigenvalue weighted by Gasteiger charge is 2.26. The van der Waals surface area contributed by atoms with Gasteiger partial charge >= 0.3 is 9.28 Å². The van der Waals surface area contributed by atoms with Crippen molar-refractivity contribution in [2.45, 2.75) is 78.1 Å². The molecule has 0 saturated carbocycles. The number of benzene rings is 1. The van der Waals surface area contributed by atoms with Gasteiger partial charge in [0.2, 0.25) is 0 Å². The molecule has 0 spiro atoms. The molecule has 1 aromatic carbocycles. The molecule has 120 valence electrons. The summed E-state index contributed by atoms with van der Waals surface area (Å²) in [6.45, 7) is 12.7. The monoisotopic (exact) mass is 308 g/mol. The van der Waals surface area contributed by atoms with Crippen LogP contribution in [0.3, 0.4) is 0 Å². The van der Waals surface area contributed by atoms with Crippen molar-refractivity contribution in [3.8, 4) is 0 Å². The van der Waals surface area contributed by atoms with Gasteiger partial charge in [-0.2, -0.15) is 0 Å². The Labute approximate surface area is 132 Å². The highest BCUT2D eigenvalue weighted by molar-refractivity contribution is 6.44. The summed E-state index contributed by atoms with van der Waals surface area (Å²) < 4.78 is 12.4. The van der Waals surface area contributed by atoms with E-state index >= 15 is 0 Å². The molecule has 3 heteroatoms. The third kappa shape index (κ3) is 9.83. The SMILES string of the molecule is CC(C)(C)O[SiH](CCCCc1ccccc1)OC(C)(C)C. The third-order valence-electron chi connectivity index (χ3n) is 2.97. The zero-order valence-corrected chi connectivity index (χ0v) is 15.8. The van der Waals surface area contributed by atoms with Gasteiger partial charge < -0.3 is 8.85 Å². The summed E-state index contributed by atoms with van der Waals surface area (Å²) in [6, 6.07) is 11.8. The molecular formula is C18H32O2Si. The lowest BCUT2D eigenvalue weighted by molar-refractivity contribution is 0.0335. The lowest BCUT2D eigenvalue weighted by Crippen LogP contribution is -2.38. The second-order valence-corrected chi connectivity index (χ2v) is 9.53. The van der Waals surface area contributed by atoms with Crippen molar-refractivity contribution in [1.82, 2.24) is 0 Å². The molecule has 1 aromatic rings. The Balaban J connectivity index is 2.38. The Morgan fingerprint density at radius 2 is 1.33 bits per heavy atom. The molecule has 0 amide bonds. The van der Waals surface area contributed by atoms with Gasteiger partial charge in [-0.05, 0) is 66.0 Å². The van der Waals surface area contributed by atoms with Crippen LogP contribution in [0.25, 0.3) is 0 Å². The molecule has 0 aliphatic heterocycles. The van der Waals surface area contributed by atoms with Crippen molar-refractivity contribution in [2.75, 3.05) is 0 Å². The van der Waals surface area contributed by atoms with Gasteiger partial charge in [0.25, 0.3) is 0 Å². The molecule has 0 radical (unpaired) electrons. The summed E-state index contributed by atoms with van der Waals surface area (Å²) in [4.78, 5) is 0. The Morgan fingerprint density at radius 1 is 0.810 bits per heavy atom. The second kappa shape index (κ2) is 8.11. The lowest BCUT2D eigenvalue weighted by atomic mass is 10.1. The van der Waals surface area contributed by atoms with Crippen LogP contribution >= 0.6 is 0 Å². The van der Waals surface area contributed by atoms with Crippen molar-refractivity contribution in [2.24, 2.45) is 0 Å². The minimum absolute atomic E-state index is 0.110. The summed E-state index contributed by atoms with van der Waals surface area (Å²) in [6.07, 6.45) is 3.53. The average molecular weight is 309 g/mol. The molecule has 1 rings (SSSR count). The smallest absolute Gasteiger partial charge is 0.322 e. The highest BCUT2D eigenvalue weighted by Crippen LogP contribution is 2.20. The van der Waals surface area contributed by atoms with Crippen LogP contribution in [0.2, 0.25) is 6.04 Å². The first-order valence-corrected chi connectivity index (χ1v) is 9.81. The van der Waals surface area contributed by atoms with Gasteiger partial charge in [-0.3, -0.25) is 0 Å². The maximum absolute atomic E-state index is 6.18. The zero-order valence-electron chi connectivity index (χ0n) is 14.6. The molecule has 0 atom stereocenters. The fourth-order valence-electron chi connectivity index (χ4n) is 2.22. The number of hydrogen-bond donors (Lipinski definition) is 0. The molecular weight excluding hydrogens is 276 g/mol. The van der Waals surface area contributed by atoms with Crippen LogP contribution in [0.5, 0.6) is 0 Å². The molecule has 0 N–H and O–H groups in total. The fraction of sp³-hybridized carbons (Fsp3) is 0.667. The number of unbranched alkanes of at least 4 members (excludes halogenated alkanes) is 1. The summed E-state index contributed by atoms with van der Waals surface area (Å²) in [7, 11) is -1.61. The number of aryl methyl sites for hydroxylation is 1. The Hall–Kier alpha value is -0.643.